The first-order valence-electron chi connectivity index (χ1n) is 9.09. The molecule has 2 aromatic rings. The van der Waals surface area contributed by atoms with E-state index in [2.05, 4.69) is 5.32 Å². The number of para-hydroxylation sites is 2. The number of hydrogen-bond acceptors (Lipinski definition) is 3. The third kappa shape index (κ3) is 3.35. The second kappa shape index (κ2) is 7.04. The molecule has 1 aliphatic rings. The van der Waals surface area contributed by atoms with Gasteiger partial charge in [-0.25, -0.2) is 4.79 Å². The Balaban J connectivity index is 1.74. The van der Waals surface area contributed by atoms with Gasteiger partial charge in [-0.1, -0.05) is 31.9 Å². The molecular weight excluding hydrogens is 318 g/mol. The molecule has 0 radical (unpaired) electrons. The van der Waals surface area contributed by atoms with Crippen LogP contribution in [0.25, 0.3) is 11.0 Å². The van der Waals surface area contributed by atoms with Crippen LogP contribution in [0.15, 0.2) is 29.1 Å². The Morgan fingerprint density at radius 1 is 1.28 bits per heavy atom. The molecule has 1 fully saturated rings. The number of aliphatic hydroxyl groups is 1. The summed E-state index contributed by atoms with van der Waals surface area (Å²) in [6, 6.07) is 7.52. The number of nitrogens with zero attached hydrogens (tertiary/aromatic N) is 2. The monoisotopic (exact) mass is 345 g/mol. The van der Waals surface area contributed by atoms with Crippen LogP contribution in [-0.2, 0) is 17.9 Å². The van der Waals surface area contributed by atoms with E-state index in [1.54, 1.807) is 4.57 Å². The van der Waals surface area contributed by atoms with Crippen LogP contribution in [0.3, 0.4) is 0 Å². The summed E-state index contributed by atoms with van der Waals surface area (Å²) in [5.74, 6) is -0.194. The molecule has 1 saturated carbocycles. The summed E-state index contributed by atoms with van der Waals surface area (Å²) in [5.41, 5.74) is 1.17. The molecule has 6 heteroatoms. The van der Waals surface area contributed by atoms with Crippen LogP contribution in [0.5, 0.6) is 0 Å². The molecule has 1 aliphatic carbocycles. The quantitative estimate of drug-likeness (QED) is 0.869. The molecule has 0 spiro atoms. The highest BCUT2D eigenvalue weighted by Gasteiger charge is 2.35. The Kier molecular flexibility index (Phi) is 4.99. The number of hydrogen-bond donors (Lipinski definition) is 2. The van der Waals surface area contributed by atoms with E-state index >= 15 is 0 Å². The Morgan fingerprint density at radius 2 is 1.96 bits per heavy atom. The molecule has 1 aromatic carbocycles. The third-order valence-electron chi connectivity index (χ3n) is 5.51. The SMILES string of the molecule is CCn1c(=O)n(CC(=O)NC[C@]2(C)CCCC[C@H]2O)c2ccccc21. The third-order valence-corrected chi connectivity index (χ3v) is 5.51. The second-order valence-electron chi connectivity index (χ2n) is 7.29. The van der Waals surface area contributed by atoms with Gasteiger partial charge >= 0.3 is 5.69 Å². The van der Waals surface area contributed by atoms with E-state index in [-0.39, 0.29) is 29.7 Å². The Bertz CT molecular complexity index is 823. The van der Waals surface area contributed by atoms with Crippen molar-refractivity contribution < 1.29 is 9.90 Å². The van der Waals surface area contributed by atoms with Crippen LogP contribution < -0.4 is 11.0 Å². The van der Waals surface area contributed by atoms with E-state index in [1.807, 2.05) is 38.1 Å². The van der Waals surface area contributed by atoms with E-state index < -0.39 is 0 Å². The summed E-state index contributed by atoms with van der Waals surface area (Å²) in [7, 11) is 0. The van der Waals surface area contributed by atoms with Crippen LogP contribution in [0.4, 0.5) is 0 Å². The van der Waals surface area contributed by atoms with Crippen molar-refractivity contribution in [3.05, 3.63) is 34.7 Å². The molecule has 6 nitrogen and oxygen atoms in total. The van der Waals surface area contributed by atoms with Crippen molar-refractivity contribution in [2.24, 2.45) is 5.41 Å². The smallest absolute Gasteiger partial charge is 0.329 e. The minimum atomic E-state index is -0.383. The zero-order valence-electron chi connectivity index (χ0n) is 15.0. The first kappa shape index (κ1) is 17.7. The lowest BCUT2D eigenvalue weighted by molar-refractivity contribution is -0.122. The number of carbonyl (C=O) groups is 1. The number of aryl methyl sites for hydroxylation is 1. The first-order valence-corrected chi connectivity index (χ1v) is 9.09. The van der Waals surface area contributed by atoms with E-state index in [1.165, 1.54) is 4.57 Å². The summed E-state index contributed by atoms with van der Waals surface area (Å²) in [5, 5.41) is 13.2. The number of benzene rings is 1. The molecule has 1 heterocycles. The van der Waals surface area contributed by atoms with E-state index in [0.717, 1.165) is 36.7 Å². The second-order valence-corrected chi connectivity index (χ2v) is 7.29. The topological polar surface area (TPSA) is 76.3 Å². The Morgan fingerprint density at radius 3 is 2.60 bits per heavy atom. The number of nitrogens with one attached hydrogen (secondary N) is 1. The van der Waals surface area contributed by atoms with Crippen LogP contribution in [0.1, 0.15) is 39.5 Å². The maximum Gasteiger partial charge on any atom is 0.329 e. The van der Waals surface area contributed by atoms with Gasteiger partial charge in [0.1, 0.15) is 6.54 Å². The normalized spacial score (nSPS) is 23.7. The molecule has 0 saturated heterocycles. The summed E-state index contributed by atoms with van der Waals surface area (Å²) < 4.78 is 3.20. The summed E-state index contributed by atoms with van der Waals surface area (Å²) >= 11 is 0. The van der Waals surface area contributed by atoms with E-state index in [4.69, 9.17) is 0 Å². The van der Waals surface area contributed by atoms with Gasteiger partial charge in [0.25, 0.3) is 0 Å². The van der Waals surface area contributed by atoms with Crippen molar-refractivity contribution in [2.45, 2.75) is 58.7 Å². The molecule has 1 amide bonds. The Hall–Kier alpha value is -2.08. The molecule has 0 aliphatic heterocycles. The van der Waals surface area contributed by atoms with Crippen molar-refractivity contribution >= 4 is 16.9 Å². The van der Waals surface area contributed by atoms with Gasteiger partial charge in [-0.3, -0.25) is 13.9 Å². The zero-order valence-corrected chi connectivity index (χ0v) is 15.0. The molecule has 2 N–H and O–H groups in total. The lowest BCUT2D eigenvalue weighted by Gasteiger charge is -2.38. The van der Waals surface area contributed by atoms with Gasteiger partial charge in [0, 0.05) is 18.5 Å². The fourth-order valence-electron chi connectivity index (χ4n) is 3.82. The number of fused-ring (bicyclic) bond motifs is 1. The average Bonchev–Trinajstić information content (AvgIpc) is 2.88. The first-order chi connectivity index (χ1) is 12.0. The molecule has 3 rings (SSSR count). The molecule has 136 valence electrons. The highest BCUT2D eigenvalue weighted by Crippen LogP contribution is 2.35. The van der Waals surface area contributed by atoms with Gasteiger partial charge in [0.15, 0.2) is 0 Å². The predicted octanol–water partition coefficient (Wildman–Crippen LogP) is 1.88. The standard InChI is InChI=1S/C19H27N3O3/c1-3-21-14-8-4-5-9-15(14)22(18(21)25)12-17(24)20-13-19(2)11-7-6-10-16(19)23/h4-5,8-9,16,23H,3,6-7,10-13H2,1-2H3,(H,20,24)/t16-,19+/m1/s1. The zero-order chi connectivity index (χ0) is 18.0. The largest absolute Gasteiger partial charge is 0.392 e. The van der Waals surface area contributed by atoms with Crippen molar-refractivity contribution in [3.8, 4) is 0 Å². The van der Waals surface area contributed by atoms with Gasteiger partial charge in [0.2, 0.25) is 5.91 Å². The maximum absolute atomic E-state index is 12.6. The van der Waals surface area contributed by atoms with Crippen LogP contribution >= 0.6 is 0 Å². The van der Waals surface area contributed by atoms with E-state index in [0.29, 0.717) is 13.1 Å². The molecule has 0 unspecified atom stereocenters. The molecule has 0 bridgehead atoms. The summed E-state index contributed by atoms with van der Waals surface area (Å²) in [6.07, 6.45) is 3.43. The highest BCUT2D eigenvalue weighted by molar-refractivity contribution is 5.80. The fraction of sp³-hybridized carbons (Fsp3) is 0.579. The van der Waals surface area contributed by atoms with Crippen molar-refractivity contribution in [2.75, 3.05) is 6.54 Å². The lowest BCUT2D eigenvalue weighted by Crippen LogP contribution is -2.46. The summed E-state index contributed by atoms with van der Waals surface area (Å²) in [6.45, 7) is 4.95. The van der Waals surface area contributed by atoms with Crippen LogP contribution in [0.2, 0.25) is 0 Å². The van der Waals surface area contributed by atoms with Gasteiger partial charge in [-0.2, -0.15) is 0 Å². The fourth-order valence-corrected chi connectivity index (χ4v) is 3.82. The van der Waals surface area contributed by atoms with Gasteiger partial charge in [0.05, 0.1) is 17.1 Å². The van der Waals surface area contributed by atoms with Gasteiger partial charge < -0.3 is 10.4 Å². The minimum Gasteiger partial charge on any atom is -0.392 e. The maximum atomic E-state index is 12.6. The molecule has 25 heavy (non-hydrogen) atoms. The van der Waals surface area contributed by atoms with Crippen LogP contribution in [-0.4, -0.2) is 32.8 Å². The minimum absolute atomic E-state index is 0.00147. The van der Waals surface area contributed by atoms with Crippen molar-refractivity contribution in [1.82, 2.24) is 14.5 Å². The van der Waals surface area contributed by atoms with Crippen molar-refractivity contribution in [1.29, 1.82) is 0 Å². The number of amides is 1. The number of rotatable bonds is 5. The number of aromatic nitrogens is 2. The molecule has 1 aromatic heterocycles. The Labute approximate surface area is 147 Å². The lowest BCUT2D eigenvalue weighted by atomic mass is 9.73. The molecular formula is C19H27N3O3. The number of aliphatic hydroxyl groups excluding tert-OH is 1. The highest BCUT2D eigenvalue weighted by atomic mass is 16.3. The van der Waals surface area contributed by atoms with Crippen molar-refractivity contribution in [3.63, 3.8) is 0 Å². The molecule has 2 atom stereocenters. The van der Waals surface area contributed by atoms with Gasteiger partial charge in [-0.15, -0.1) is 0 Å². The van der Waals surface area contributed by atoms with Gasteiger partial charge in [-0.05, 0) is 31.9 Å². The predicted molar refractivity (Wildman–Crippen MR) is 97.5 cm³/mol. The van der Waals surface area contributed by atoms with E-state index in [9.17, 15) is 14.7 Å². The van der Waals surface area contributed by atoms with Crippen LogP contribution in [0, 0.1) is 5.41 Å². The number of carbonyl (C=O) groups excluding carboxylic acids is 1. The average molecular weight is 345 g/mol. The number of imidazole rings is 1. The summed E-state index contributed by atoms with van der Waals surface area (Å²) in [4.78, 5) is 25.0.